The van der Waals surface area contributed by atoms with Gasteiger partial charge in [-0.15, -0.1) is 0 Å². The van der Waals surface area contributed by atoms with Crippen LogP contribution in [0.15, 0.2) is 60.3 Å². The minimum Gasteiger partial charge on any atom is -0.494 e. The van der Waals surface area contributed by atoms with E-state index in [1.807, 2.05) is 6.92 Å². The molecule has 152 valence electrons. The van der Waals surface area contributed by atoms with E-state index < -0.39 is 17.8 Å². The van der Waals surface area contributed by atoms with E-state index in [-0.39, 0.29) is 11.3 Å². The molecule has 8 nitrogen and oxygen atoms in total. The SMILES string of the molecule is CCOc1ccc(NC(=O)c2ccccc2N/C(=C/C(=O)OC)C(=O)OC)cc1. The zero-order valence-corrected chi connectivity index (χ0v) is 16.4. The van der Waals surface area contributed by atoms with Gasteiger partial charge in [-0.3, -0.25) is 4.79 Å². The predicted octanol–water partition coefficient (Wildman–Crippen LogP) is 2.98. The van der Waals surface area contributed by atoms with Crippen molar-refractivity contribution < 1.29 is 28.6 Å². The Hall–Kier alpha value is -3.81. The van der Waals surface area contributed by atoms with Crippen molar-refractivity contribution in [3.05, 3.63) is 65.9 Å². The Labute approximate surface area is 168 Å². The van der Waals surface area contributed by atoms with E-state index in [0.29, 0.717) is 23.7 Å². The second-order valence-electron chi connectivity index (χ2n) is 5.65. The number of ether oxygens (including phenoxy) is 3. The smallest absolute Gasteiger partial charge is 0.354 e. The third kappa shape index (κ3) is 6.10. The molecule has 0 aliphatic carbocycles. The van der Waals surface area contributed by atoms with Crippen molar-refractivity contribution in [3.63, 3.8) is 0 Å². The molecule has 0 saturated heterocycles. The Bertz CT molecular complexity index is 906. The number of hydrogen-bond donors (Lipinski definition) is 2. The van der Waals surface area contributed by atoms with Gasteiger partial charge in [0.05, 0.1) is 38.2 Å². The molecule has 0 aliphatic rings. The number of methoxy groups -OCH3 is 2. The van der Waals surface area contributed by atoms with Crippen LogP contribution in [0.3, 0.4) is 0 Å². The van der Waals surface area contributed by atoms with Crippen LogP contribution in [0.2, 0.25) is 0 Å². The summed E-state index contributed by atoms with van der Waals surface area (Å²) in [4.78, 5) is 36.2. The summed E-state index contributed by atoms with van der Waals surface area (Å²) >= 11 is 0. The number of amides is 1. The molecule has 0 radical (unpaired) electrons. The van der Waals surface area contributed by atoms with Crippen LogP contribution >= 0.6 is 0 Å². The van der Waals surface area contributed by atoms with Crippen molar-refractivity contribution in [1.82, 2.24) is 0 Å². The summed E-state index contributed by atoms with van der Waals surface area (Å²) in [5.41, 5.74) is 0.991. The average molecular weight is 398 g/mol. The predicted molar refractivity (Wildman–Crippen MR) is 108 cm³/mol. The van der Waals surface area contributed by atoms with E-state index >= 15 is 0 Å². The average Bonchev–Trinajstić information content (AvgIpc) is 2.74. The number of carbonyl (C=O) groups excluding carboxylic acids is 3. The number of carbonyl (C=O) groups is 3. The quantitative estimate of drug-likeness (QED) is 0.520. The molecule has 2 N–H and O–H groups in total. The number of rotatable bonds is 8. The molecular formula is C21H22N2O6. The molecule has 0 spiro atoms. The summed E-state index contributed by atoms with van der Waals surface area (Å²) in [6.45, 7) is 2.43. The fourth-order valence-corrected chi connectivity index (χ4v) is 2.37. The van der Waals surface area contributed by atoms with Gasteiger partial charge in [-0.1, -0.05) is 12.1 Å². The summed E-state index contributed by atoms with van der Waals surface area (Å²) in [5, 5.41) is 5.54. The lowest BCUT2D eigenvalue weighted by Gasteiger charge is -2.14. The minimum atomic E-state index is -0.780. The van der Waals surface area contributed by atoms with Crippen molar-refractivity contribution in [2.75, 3.05) is 31.5 Å². The molecule has 0 saturated carbocycles. The summed E-state index contributed by atoms with van der Waals surface area (Å²) in [6, 6.07) is 13.5. The van der Waals surface area contributed by atoms with E-state index in [1.165, 1.54) is 14.2 Å². The lowest BCUT2D eigenvalue weighted by molar-refractivity contribution is -0.138. The van der Waals surface area contributed by atoms with Crippen molar-refractivity contribution in [2.45, 2.75) is 6.92 Å². The molecular weight excluding hydrogens is 376 g/mol. The van der Waals surface area contributed by atoms with Gasteiger partial charge >= 0.3 is 11.9 Å². The summed E-state index contributed by atoms with van der Waals surface area (Å²) in [7, 11) is 2.37. The maximum Gasteiger partial charge on any atom is 0.354 e. The molecule has 0 bridgehead atoms. The van der Waals surface area contributed by atoms with E-state index in [1.54, 1.807) is 48.5 Å². The van der Waals surface area contributed by atoms with Crippen molar-refractivity contribution >= 4 is 29.2 Å². The zero-order chi connectivity index (χ0) is 21.2. The van der Waals surface area contributed by atoms with Gasteiger partial charge in [-0.05, 0) is 43.3 Å². The fraction of sp³-hybridized carbons (Fsp3) is 0.190. The Kier molecular flexibility index (Phi) is 7.78. The highest BCUT2D eigenvalue weighted by atomic mass is 16.5. The van der Waals surface area contributed by atoms with Gasteiger partial charge in [0, 0.05) is 5.69 Å². The topological polar surface area (TPSA) is 103 Å². The van der Waals surface area contributed by atoms with Crippen LogP contribution in [0.4, 0.5) is 11.4 Å². The molecule has 0 atom stereocenters. The third-order valence-corrected chi connectivity index (χ3v) is 3.73. The molecule has 0 aliphatic heterocycles. The number of para-hydroxylation sites is 1. The summed E-state index contributed by atoms with van der Waals surface area (Å²) in [6.07, 6.45) is 0.951. The highest BCUT2D eigenvalue weighted by Crippen LogP contribution is 2.21. The van der Waals surface area contributed by atoms with Crippen molar-refractivity contribution in [1.29, 1.82) is 0 Å². The highest BCUT2D eigenvalue weighted by Gasteiger charge is 2.17. The molecule has 1 amide bonds. The number of benzene rings is 2. The first kappa shape index (κ1) is 21.5. The second kappa shape index (κ2) is 10.5. The van der Waals surface area contributed by atoms with Gasteiger partial charge in [0.2, 0.25) is 0 Å². The largest absolute Gasteiger partial charge is 0.494 e. The molecule has 8 heteroatoms. The van der Waals surface area contributed by atoms with Crippen molar-refractivity contribution in [3.8, 4) is 5.75 Å². The standard InChI is InChI=1S/C21H22N2O6/c1-4-29-15-11-9-14(10-12-15)22-20(25)16-7-5-6-8-17(16)23-18(21(26)28-3)13-19(24)27-2/h5-13,23H,4H2,1-3H3,(H,22,25)/b18-13+. The Morgan fingerprint density at radius 1 is 0.931 bits per heavy atom. The monoisotopic (exact) mass is 398 g/mol. The molecule has 2 aromatic rings. The van der Waals surface area contributed by atoms with Crippen LogP contribution in [0, 0.1) is 0 Å². The van der Waals surface area contributed by atoms with E-state index in [2.05, 4.69) is 20.1 Å². The summed E-state index contributed by atoms with van der Waals surface area (Å²) < 4.78 is 14.6. The maximum absolute atomic E-state index is 12.7. The first-order valence-corrected chi connectivity index (χ1v) is 8.76. The zero-order valence-electron chi connectivity index (χ0n) is 16.4. The second-order valence-corrected chi connectivity index (χ2v) is 5.65. The maximum atomic E-state index is 12.7. The lowest BCUT2D eigenvalue weighted by atomic mass is 10.1. The van der Waals surface area contributed by atoms with Crippen LogP contribution in [0.1, 0.15) is 17.3 Å². The molecule has 0 fully saturated rings. The Balaban J connectivity index is 2.24. The number of hydrogen-bond acceptors (Lipinski definition) is 7. The van der Waals surface area contributed by atoms with Gasteiger partial charge in [-0.25, -0.2) is 9.59 Å². The first-order valence-electron chi connectivity index (χ1n) is 8.76. The van der Waals surface area contributed by atoms with Gasteiger partial charge in [0.1, 0.15) is 11.4 Å². The molecule has 2 aromatic carbocycles. The Morgan fingerprint density at radius 3 is 2.24 bits per heavy atom. The van der Waals surface area contributed by atoms with E-state index in [9.17, 15) is 14.4 Å². The lowest BCUT2D eigenvalue weighted by Crippen LogP contribution is -2.19. The van der Waals surface area contributed by atoms with Crippen LogP contribution in [-0.2, 0) is 19.1 Å². The van der Waals surface area contributed by atoms with E-state index in [4.69, 9.17) is 4.74 Å². The highest BCUT2D eigenvalue weighted by molar-refractivity contribution is 6.09. The Morgan fingerprint density at radius 2 is 1.62 bits per heavy atom. The van der Waals surface area contributed by atoms with Crippen molar-refractivity contribution in [2.24, 2.45) is 0 Å². The van der Waals surface area contributed by atoms with E-state index in [0.717, 1.165) is 6.08 Å². The molecule has 29 heavy (non-hydrogen) atoms. The number of anilines is 2. The van der Waals surface area contributed by atoms with Gasteiger partial charge in [0.15, 0.2) is 0 Å². The van der Waals surface area contributed by atoms with Gasteiger partial charge < -0.3 is 24.8 Å². The number of esters is 2. The van der Waals surface area contributed by atoms with Crippen LogP contribution in [0.5, 0.6) is 5.75 Å². The number of nitrogens with one attached hydrogen (secondary N) is 2. The fourth-order valence-electron chi connectivity index (χ4n) is 2.37. The molecule has 0 aromatic heterocycles. The van der Waals surface area contributed by atoms with Gasteiger partial charge in [0.25, 0.3) is 5.91 Å². The van der Waals surface area contributed by atoms with Crippen LogP contribution in [0.25, 0.3) is 0 Å². The van der Waals surface area contributed by atoms with Crippen LogP contribution in [-0.4, -0.2) is 38.7 Å². The normalized spacial score (nSPS) is 10.7. The molecule has 0 unspecified atom stereocenters. The van der Waals surface area contributed by atoms with Crippen LogP contribution < -0.4 is 15.4 Å². The first-order chi connectivity index (χ1) is 14.0. The summed E-state index contributed by atoms with van der Waals surface area (Å²) in [5.74, 6) is -1.23. The molecule has 2 rings (SSSR count). The molecule has 0 heterocycles. The third-order valence-electron chi connectivity index (χ3n) is 3.73. The van der Waals surface area contributed by atoms with Gasteiger partial charge in [-0.2, -0.15) is 0 Å². The minimum absolute atomic E-state index is 0.166.